The molecule has 0 atom stereocenters. The summed E-state index contributed by atoms with van der Waals surface area (Å²) in [6, 6.07) is 4.91. The van der Waals surface area contributed by atoms with Crippen molar-refractivity contribution in [2.24, 2.45) is 11.3 Å². The number of nitrogens with one attached hydrogen (secondary N) is 1. The van der Waals surface area contributed by atoms with Crippen LogP contribution in [-0.2, 0) is 0 Å². The van der Waals surface area contributed by atoms with Crippen LogP contribution in [0.4, 0.5) is 4.39 Å². The van der Waals surface area contributed by atoms with Crippen molar-refractivity contribution in [1.29, 1.82) is 0 Å². The molecule has 1 fully saturated rings. The number of hydrogen-bond donors (Lipinski definition) is 1. The molecule has 1 aromatic rings. The molecular weight excluding hydrogens is 229 g/mol. The molecule has 1 aliphatic carbocycles. The second-order valence-electron chi connectivity index (χ2n) is 5.64. The number of benzene rings is 1. The van der Waals surface area contributed by atoms with Gasteiger partial charge in [0.2, 0.25) is 0 Å². The summed E-state index contributed by atoms with van der Waals surface area (Å²) in [7, 11) is 0. The molecule has 3 heteroatoms. The van der Waals surface area contributed by atoms with Crippen LogP contribution in [0.15, 0.2) is 18.2 Å². The van der Waals surface area contributed by atoms with E-state index in [1.165, 1.54) is 6.07 Å². The third kappa shape index (κ3) is 2.40. The Balaban J connectivity index is 2.03. The quantitative estimate of drug-likeness (QED) is 0.871. The fraction of sp³-hybridized carbons (Fsp3) is 0.533. The van der Waals surface area contributed by atoms with Gasteiger partial charge in [-0.25, -0.2) is 4.39 Å². The minimum absolute atomic E-state index is 0.148. The lowest BCUT2D eigenvalue weighted by atomic mass is 9.92. The van der Waals surface area contributed by atoms with E-state index in [9.17, 15) is 9.18 Å². The first kappa shape index (κ1) is 13.1. The molecule has 2 nitrogen and oxygen atoms in total. The Morgan fingerprint density at radius 3 is 2.67 bits per heavy atom. The van der Waals surface area contributed by atoms with Crippen molar-refractivity contribution in [3.8, 4) is 0 Å². The van der Waals surface area contributed by atoms with Crippen molar-refractivity contribution < 1.29 is 9.18 Å². The average Bonchev–Trinajstić information content (AvgIpc) is 3.11. The highest BCUT2D eigenvalue weighted by Crippen LogP contribution is 2.51. The van der Waals surface area contributed by atoms with Crippen LogP contribution >= 0.6 is 0 Å². The van der Waals surface area contributed by atoms with Gasteiger partial charge in [-0.1, -0.05) is 26.0 Å². The number of halogens is 1. The van der Waals surface area contributed by atoms with Crippen molar-refractivity contribution in [3.05, 3.63) is 35.1 Å². The zero-order valence-electron chi connectivity index (χ0n) is 11.2. The fourth-order valence-corrected chi connectivity index (χ4v) is 2.29. The van der Waals surface area contributed by atoms with Crippen molar-refractivity contribution >= 4 is 5.91 Å². The maximum atomic E-state index is 13.8. The average molecular weight is 249 g/mol. The Bertz CT molecular complexity index is 464. The summed E-state index contributed by atoms with van der Waals surface area (Å²) >= 11 is 0. The lowest BCUT2D eigenvalue weighted by Crippen LogP contribution is -2.33. The summed E-state index contributed by atoms with van der Waals surface area (Å²) in [5.74, 6) is -0.160. The lowest BCUT2D eigenvalue weighted by molar-refractivity contribution is 0.0935. The van der Waals surface area contributed by atoms with Crippen molar-refractivity contribution in [1.82, 2.24) is 5.32 Å². The minimum atomic E-state index is -0.413. The van der Waals surface area contributed by atoms with Crippen LogP contribution in [-0.4, -0.2) is 12.5 Å². The van der Waals surface area contributed by atoms with Gasteiger partial charge in [-0.05, 0) is 42.7 Å². The molecule has 2 rings (SSSR count). The number of rotatable bonds is 4. The monoisotopic (exact) mass is 249 g/mol. The molecule has 98 valence electrons. The summed E-state index contributed by atoms with van der Waals surface area (Å²) in [6.07, 6.45) is 2.31. The molecule has 1 aromatic carbocycles. The van der Waals surface area contributed by atoms with E-state index in [2.05, 4.69) is 19.2 Å². The number of aryl methyl sites for hydroxylation is 1. The van der Waals surface area contributed by atoms with Gasteiger partial charge in [-0.3, -0.25) is 4.79 Å². The largest absolute Gasteiger partial charge is 0.351 e. The Morgan fingerprint density at radius 2 is 2.11 bits per heavy atom. The molecule has 1 saturated carbocycles. The van der Waals surface area contributed by atoms with E-state index in [4.69, 9.17) is 0 Å². The Kier molecular flexibility index (Phi) is 3.42. The lowest BCUT2D eigenvalue weighted by Gasteiger charge is -2.20. The SMILES string of the molecule is Cc1cccc(C(=O)NCC2(C(C)C)CC2)c1F. The van der Waals surface area contributed by atoms with E-state index in [0.717, 1.165) is 12.8 Å². The summed E-state index contributed by atoms with van der Waals surface area (Å²) in [5.41, 5.74) is 0.901. The van der Waals surface area contributed by atoms with Gasteiger partial charge in [0.15, 0.2) is 0 Å². The molecule has 1 N–H and O–H groups in total. The highest BCUT2D eigenvalue weighted by Gasteiger charge is 2.45. The maximum Gasteiger partial charge on any atom is 0.254 e. The van der Waals surface area contributed by atoms with Crippen molar-refractivity contribution in [2.75, 3.05) is 6.54 Å². The first-order valence-electron chi connectivity index (χ1n) is 6.49. The van der Waals surface area contributed by atoms with Crippen LogP contribution in [0, 0.1) is 24.1 Å². The Hall–Kier alpha value is -1.38. The summed E-state index contributed by atoms with van der Waals surface area (Å²) in [6.45, 7) is 6.66. The first-order valence-corrected chi connectivity index (χ1v) is 6.49. The van der Waals surface area contributed by atoms with Gasteiger partial charge in [0.25, 0.3) is 5.91 Å². The van der Waals surface area contributed by atoms with Gasteiger partial charge in [0, 0.05) is 6.54 Å². The molecule has 0 saturated heterocycles. The molecule has 0 spiro atoms. The fourth-order valence-electron chi connectivity index (χ4n) is 2.29. The highest BCUT2D eigenvalue weighted by atomic mass is 19.1. The van der Waals surface area contributed by atoms with Crippen molar-refractivity contribution in [3.63, 3.8) is 0 Å². The van der Waals surface area contributed by atoms with E-state index in [-0.39, 0.29) is 16.9 Å². The van der Waals surface area contributed by atoms with E-state index >= 15 is 0 Å². The molecule has 0 heterocycles. The molecule has 0 aliphatic heterocycles. The van der Waals surface area contributed by atoms with Crippen LogP contribution in [0.3, 0.4) is 0 Å². The van der Waals surface area contributed by atoms with Crippen LogP contribution < -0.4 is 5.32 Å². The highest BCUT2D eigenvalue weighted by molar-refractivity contribution is 5.94. The number of carbonyl (C=O) groups is 1. The topological polar surface area (TPSA) is 29.1 Å². The third-order valence-corrected chi connectivity index (χ3v) is 4.15. The molecule has 1 aliphatic rings. The van der Waals surface area contributed by atoms with Crippen molar-refractivity contribution in [2.45, 2.75) is 33.6 Å². The van der Waals surface area contributed by atoms with Gasteiger partial charge >= 0.3 is 0 Å². The zero-order chi connectivity index (χ0) is 13.3. The van der Waals surface area contributed by atoms with Crippen LogP contribution in [0.5, 0.6) is 0 Å². The van der Waals surface area contributed by atoms with E-state index in [0.29, 0.717) is 18.0 Å². The predicted molar refractivity (Wildman–Crippen MR) is 70.0 cm³/mol. The van der Waals surface area contributed by atoms with Gasteiger partial charge in [-0.2, -0.15) is 0 Å². The zero-order valence-corrected chi connectivity index (χ0v) is 11.2. The normalized spacial score (nSPS) is 16.7. The first-order chi connectivity index (χ1) is 8.46. The van der Waals surface area contributed by atoms with Crippen LogP contribution in [0.2, 0.25) is 0 Å². The molecule has 0 aromatic heterocycles. The minimum Gasteiger partial charge on any atom is -0.351 e. The Morgan fingerprint density at radius 1 is 1.44 bits per heavy atom. The van der Waals surface area contributed by atoms with E-state index in [1.54, 1.807) is 19.1 Å². The molecule has 0 unspecified atom stereocenters. The summed E-state index contributed by atoms with van der Waals surface area (Å²) in [4.78, 5) is 12.0. The van der Waals surface area contributed by atoms with Crippen LogP contribution in [0.25, 0.3) is 0 Å². The van der Waals surface area contributed by atoms with E-state index < -0.39 is 5.82 Å². The number of amides is 1. The second kappa shape index (κ2) is 4.71. The maximum absolute atomic E-state index is 13.8. The van der Waals surface area contributed by atoms with Gasteiger partial charge in [0.1, 0.15) is 5.82 Å². The predicted octanol–water partition coefficient (Wildman–Crippen LogP) is 3.30. The number of hydrogen-bond acceptors (Lipinski definition) is 1. The molecule has 18 heavy (non-hydrogen) atoms. The van der Waals surface area contributed by atoms with Crippen LogP contribution in [0.1, 0.15) is 42.6 Å². The second-order valence-corrected chi connectivity index (χ2v) is 5.64. The van der Waals surface area contributed by atoms with Gasteiger partial charge in [0.05, 0.1) is 5.56 Å². The smallest absolute Gasteiger partial charge is 0.254 e. The molecule has 1 amide bonds. The molecule has 0 radical (unpaired) electrons. The van der Waals surface area contributed by atoms with Gasteiger partial charge in [-0.15, -0.1) is 0 Å². The summed E-state index contributed by atoms with van der Waals surface area (Å²) in [5, 5.41) is 2.87. The molecule has 0 bridgehead atoms. The van der Waals surface area contributed by atoms with Gasteiger partial charge < -0.3 is 5.32 Å². The Labute approximate surface area is 108 Å². The van der Waals surface area contributed by atoms with E-state index in [1.807, 2.05) is 0 Å². The standard InChI is InChI=1S/C15H20FNO/c1-10(2)15(7-8-15)9-17-14(18)12-6-4-5-11(3)13(12)16/h4-6,10H,7-9H2,1-3H3,(H,17,18). The summed E-state index contributed by atoms with van der Waals surface area (Å²) < 4.78 is 13.8. The third-order valence-electron chi connectivity index (χ3n) is 4.15. The molecular formula is C15H20FNO. The number of carbonyl (C=O) groups excluding carboxylic acids is 1.